The zero-order valence-corrected chi connectivity index (χ0v) is 15.3. The predicted molar refractivity (Wildman–Crippen MR) is 105 cm³/mol. The van der Waals surface area contributed by atoms with Crippen molar-refractivity contribution in [1.29, 1.82) is 0 Å². The number of aliphatic hydroxyl groups excluding tert-OH is 1. The van der Waals surface area contributed by atoms with E-state index in [2.05, 4.69) is 15.0 Å². The van der Waals surface area contributed by atoms with Gasteiger partial charge in [0.25, 0.3) is 11.5 Å². The molecule has 0 saturated heterocycles. The second-order valence-electron chi connectivity index (χ2n) is 6.56. The number of carbonyl (C=O) groups is 1. The monoisotopic (exact) mass is 377 g/mol. The standard InChI is InChI=1S/C20H19N5O3/c1-24(11-18-22-15-5-3-2-4-14(15)19(27)23-18)20(28)13-6-7-17-16(10-13)21-12-25(17)8-9-26/h2-7,10,12,26H,8-9,11H2,1H3,(H,22,23,27). The molecule has 0 unspecified atom stereocenters. The number of nitrogens with zero attached hydrogens (tertiary/aromatic N) is 4. The van der Waals surface area contributed by atoms with Gasteiger partial charge in [-0.05, 0) is 30.3 Å². The molecule has 0 saturated carbocycles. The second-order valence-corrected chi connectivity index (χ2v) is 6.56. The molecule has 8 nitrogen and oxygen atoms in total. The molecule has 0 aliphatic heterocycles. The number of carbonyl (C=O) groups excluding carboxylic acids is 1. The van der Waals surface area contributed by atoms with E-state index in [1.54, 1.807) is 43.7 Å². The van der Waals surface area contributed by atoms with Gasteiger partial charge in [-0.2, -0.15) is 0 Å². The Morgan fingerprint density at radius 2 is 2.04 bits per heavy atom. The molecule has 0 fully saturated rings. The van der Waals surface area contributed by atoms with Crippen LogP contribution < -0.4 is 5.56 Å². The summed E-state index contributed by atoms with van der Waals surface area (Å²) in [5.74, 6) is 0.224. The van der Waals surface area contributed by atoms with Crippen molar-refractivity contribution >= 4 is 27.8 Å². The highest BCUT2D eigenvalue weighted by Crippen LogP contribution is 2.17. The smallest absolute Gasteiger partial charge is 0.258 e. The first-order valence-corrected chi connectivity index (χ1v) is 8.86. The number of benzene rings is 2. The Kier molecular flexibility index (Phi) is 4.62. The topological polar surface area (TPSA) is 104 Å². The van der Waals surface area contributed by atoms with Crippen LogP contribution in [0.15, 0.2) is 53.6 Å². The molecule has 0 spiro atoms. The van der Waals surface area contributed by atoms with Crippen molar-refractivity contribution in [2.75, 3.05) is 13.7 Å². The molecule has 4 aromatic rings. The number of fused-ring (bicyclic) bond motifs is 2. The quantitative estimate of drug-likeness (QED) is 0.549. The van der Waals surface area contributed by atoms with E-state index in [0.29, 0.717) is 34.4 Å². The first kappa shape index (κ1) is 17.9. The summed E-state index contributed by atoms with van der Waals surface area (Å²) in [5.41, 5.74) is 2.40. The number of rotatable bonds is 5. The van der Waals surface area contributed by atoms with E-state index in [1.165, 1.54) is 4.90 Å². The molecule has 0 bridgehead atoms. The van der Waals surface area contributed by atoms with Gasteiger partial charge in [0.1, 0.15) is 5.82 Å². The summed E-state index contributed by atoms with van der Waals surface area (Å²) in [7, 11) is 1.66. The van der Waals surface area contributed by atoms with Crippen LogP contribution in [0.25, 0.3) is 21.9 Å². The number of nitrogens with one attached hydrogen (secondary N) is 1. The average Bonchev–Trinajstić information content (AvgIpc) is 3.10. The Bertz CT molecular complexity index is 1230. The zero-order chi connectivity index (χ0) is 19.7. The summed E-state index contributed by atoms with van der Waals surface area (Å²) in [4.78, 5) is 38.0. The lowest BCUT2D eigenvalue weighted by atomic mass is 10.1. The fraction of sp³-hybridized carbons (Fsp3) is 0.200. The maximum absolute atomic E-state index is 12.8. The summed E-state index contributed by atoms with van der Waals surface area (Å²) >= 11 is 0. The van der Waals surface area contributed by atoms with Crippen molar-refractivity contribution in [3.63, 3.8) is 0 Å². The number of hydrogen-bond donors (Lipinski definition) is 2. The Labute approximate surface area is 160 Å². The van der Waals surface area contributed by atoms with Crippen LogP contribution in [0.4, 0.5) is 0 Å². The average molecular weight is 377 g/mol. The lowest BCUT2D eigenvalue weighted by Gasteiger charge is -2.17. The van der Waals surface area contributed by atoms with Crippen LogP contribution in [-0.4, -0.2) is 49.1 Å². The van der Waals surface area contributed by atoms with Gasteiger partial charge in [0.2, 0.25) is 0 Å². The number of hydrogen-bond acceptors (Lipinski definition) is 5. The highest BCUT2D eigenvalue weighted by atomic mass is 16.3. The molecule has 0 aliphatic carbocycles. The Morgan fingerprint density at radius 1 is 1.21 bits per heavy atom. The number of para-hydroxylation sites is 1. The lowest BCUT2D eigenvalue weighted by molar-refractivity contribution is 0.0781. The van der Waals surface area contributed by atoms with Crippen LogP contribution in [0.3, 0.4) is 0 Å². The lowest BCUT2D eigenvalue weighted by Crippen LogP contribution is -2.28. The number of aromatic nitrogens is 4. The van der Waals surface area contributed by atoms with Gasteiger partial charge >= 0.3 is 0 Å². The van der Waals surface area contributed by atoms with Crippen LogP contribution in [0.1, 0.15) is 16.2 Å². The van der Waals surface area contributed by atoms with E-state index < -0.39 is 0 Å². The third kappa shape index (κ3) is 3.25. The number of aliphatic hydroxyl groups is 1. The van der Waals surface area contributed by atoms with E-state index in [0.717, 1.165) is 5.52 Å². The zero-order valence-electron chi connectivity index (χ0n) is 15.3. The molecule has 2 heterocycles. The van der Waals surface area contributed by atoms with Gasteiger partial charge in [-0.25, -0.2) is 9.97 Å². The van der Waals surface area contributed by atoms with E-state index in [-0.39, 0.29) is 24.6 Å². The molecule has 8 heteroatoms. The molecule has 2 N–H and O–H groups in total. The van der Waals surface area contributed by atoms with Gasteiger partial charge in [0, 0.05) is 19.2 Å². The van der Waals surface area contributed by atoms with Crippen LogP contribution in [0, 0.1) is 0 Å². The first-order chi connectivity index (χ1) is 13.6. The Morgan fingerprint density at radius 3 is 2.86 bits per heavy atom. The Balaban J connectivity index is 1.58. The highest BCUT2D eigenvalue weighted by molar-refractivity contribution is 5.97. The van der Waals surface area contributed by atoms with Gasteiger partial charge in [0.15, 0.2) is 0 Å². The summed E-state index contributed by atoms with van der Waals surface area (Å²) in [5, 5.41) is 9.62. The number of H-pyrrole nitrogens is 1. The minimum absolute atomic E-state index is 0.0197. The largest absolute Gasteiger partial charge is 0.395 e. The molecular formula is C20H19N5O3. The van der Waals surface area contributed by atoms with Gasteiger partial charge in [-0.15, -0.1) is 0 Å². The third-order valence-corrected chi connectivity index (χ3v) is 4.60. The number of imidazole rings is 1. The molecule has 0 atom stereocenters. The summed E-state index contributed by atoms with van der Waals surface area (Å²) < 4.78 is 1.83. The molecule has 142 valence electrons. The van der Waals surface area contributed by atoms with Crippen molar-refractivity contribution in [2.45, 2.75) is 13.1 Å². The number of aromatic amines is 1. The normalized spacial score (nSPS) is 11.2. The first-order valence-electron chi connectivity index (χ1n) is 8.86. The van der Waals surface area contributed by atoms with Gasteiger partial charge < -0.3 is 19.6 Å². The second kappa shape index (κ2) is 7.24. The molecular weight excluding hydrogens is 358 g/mol. The maximum Gasteiger partial charge on any atom is 0.258 e. The molecule has 28 heavy (non-hydrogen) atoms. The van der Waals surface area contributed by atoms with E-state index in [4.69, 9.17) is 5.11 Å². The van der Waals surface area contributed by atoms with E-state index in [9.17, 15) is 9.59 Å². The van der Waals surface area contributed by atoms with Crippen molar-refractivity contribution in [3.05, 3.63) is 70.5 Å². The summed E-state index contributed by atoms with van der Waals surface area (Å²) in [6.45, 7) is 0.645. The van der Waals surface area contributed by atoms with E-state index in [1.807, 2.05) is 16.7 Å². The van der Waals surface area contributed by atoms with Crippen LogP contribution in [-0.2, 0) is 13.1 Å². The molecule has 1 amide bonds. The fourth-order valence-corrected chi connectivity index (χ4v) is 3.21. The predicted octanol–water partition coefficient (Wildman–Crippen LogP) is 1.54. The summed E-state index contributed by atoms with van der Waals surface area (Å²) in [6, 6.07) is 12.4. The number of amides is 1. The molecule has 2 aromatic heterocycles. The van der Waals surface area contributed by atoms with Crippen molar-refractivity contribution in [3.8, 4) is 0 Å². The minimum atomic E-state index is -0.225. The van der Waals surface area contributed by atoms with Crippen LogP contribution >= 0.6 is 0 Å². The molecule has 0 aliphatic rings. The third-order valence-electron chi connectivity index (χ3n) is 4.60. The van der Waals surface area contributed by atoms with Gasteiger partial charge in [-0.3, -0.25) is 9.59 Å². The van der Waals surface area contributed by atoms with Crippen molar-refractivity contribution < 1.29 is 9.90 Å². The van der Waals surface area contributed by atoms with Crippen molar-refractivity contribution in [1.82, 2.24) is 24.4 Å². The SMILES string of the molecule is CN(Cc1nc2ccccc2c(=O)[nH]1)C(=O)c1ccc2c(c1)ncn2CCO. The minimum Gasteiger partial charge on any atom is -0.395 e. The highest BCUT2D eigenvalue weighted by Gasteiger charge is 2.15. The van der Waals surface area contributed by atoms with Crippen LogP contribution in [0.5, 0.6) is 0 Å². The molecule has 0 radical (unpaired) electrons. The molecule has 4 rings (SSSR count). The summed E-state index contributed by atoms with van der Waals surface area (Å²) in [6.07, 6.45) is 1.64. The van der Waals surface area contributed by atoms with Gasteiger partial charge in [-0.1, -0.05) is 12.1 Å². The Hall–Kier alpha value is -3.52. The van der Waals surface area contributed by atoms with Crippen LogP contribution in [0.2, 0.25) is 0 Å². The van der Waals surface area contributed by atoms with Crippen molar-refractivity contribution in [2.24, 2.45) is 0 Å². The maximum atomic E-state index is 12.8. The van der Waals surface area contributed by atoms with Gasteiger partial charge in [0.05, 0.1) is 41.4 Å². The fourth-order valence-electron chi connectivity index (χ4n) is 3.21. The van der Waals surface area contributed by atoms with E-state index >= 15 is 0 Å². The molecule has 2 aromatic carbocycles.